The van der Waals surface area contributed by atoms with Gasteiger partial charge in [-0.25, -0.2) is 4.79 Å². The van der Waals surface area contributed by atoms with Gasteiger partial charge in [0.1, 0.15) is 0 Å². The van der Waals surface area contributed by atoms with E-state index in [1.54, 1.807) is 24.3 Å². The summed E-state index contributed by atoms with van der Waals surface area (Å²) in [6.45, 7) is 2.01. The number of fused-ring (bicyclic) bond motifs is 1. The average molecular weight is 392 g/mol. The van der Waals surface area contributed by atoms with Gasteiger partial charge in [-0.1, -0.05) is 41.9 Å². The van der Waals surface area contributed by atoms with Crippen LogP contribution in [0.1, 0.15) is 5.56 Å². The van der Waals surface area contributed by atoms with E-state index in [1.807, 2.05) is 43.3 Å². The Hall–Kier alpha value is -3.51. The Morgan fingerprint density at radius 1 is 1.04 bits per heavy atom. The maximum atomic E-state index is 12.2. The second-order valence-electron chi connectivity index (χ2n) is 6.46. The average Bonchev–Trinajstić information content (AvgIpc) is 3.06. The van der Waals surface area contributed by atoms with Crippen molar-refractivity contribution in [3.8, 4) is 11.1 Å². The number of carbonyl (C=O) groups is 1. The molecule has 4 aromatic rings. The first kappa shape index (κ1) is 17.9. The van der Waals surface area contributed by atoms with Crippen molar-refractivity contribution in [2.45, 2.75) is 6.92 Å². The largest absolute Gasteiger partial charge is 0.382 e. The van der Waals surface area contributed by atoms with Crippen LogP contribution < -0.4 is 16.4 Å². The predicted molar refractivity (Wildman–Crippen MR) is 115 cm³/mol. The van der Waals surface area contributed by atoms with Crippen molar-refractivity contribution in [3.63, 3.8) is 0 Å². The van der Waals surface area contributed by atoms with Crippen LogP contribution >= 0.6 is 11.6 Å². The number of aromatic nitrogens is 2. The summed E-state index contributed by atoms with van der Waals surface area (Å²) in [5, 5.41) is 14.1. The van der Waals surface area contributed by atoms with Crippen LogP contribution in [0.3, 0.4) is 0 Å². The highest BCUT2D eigenvalue weighted by Crippen LogP contribution is 2.33. The van der Waals surface area contributed by atoms with Crippen LogP contribution in [-0.4, -0.2) is 16.2 Å². The van der Waals surface area contributed by atoms with Crippen molar-refractivity contribution in [1.82, 2.24) is 10.2 Å². The number of halogens is 1. The Kier molecular flexibility index (Phi) is 4.63. The molecule has 6 nitrogen and oxygen atoms in total. The number of nitrogens with two attached hydrogens (primary N) is 1. The first-order valence-electron chi connectivity index (χ1n) is 8.68. The summed E-state index contributed by atoms with van der Waals surface area (Å²) in [5.41, 5.74) is 11.3. The maximum absolute atomic E-state index is 12.2. The minimum absolute atomic E-state index is 0.341. The molecule has 1 heterocycles. The number of aromatic amines is 1. The third-order valence-electron chi connectivity index (χ3n) is 4.49. The summed E-state index contributed by atoms with van der Waals surface area (Å²) >= 11 is 5.93. The first-order chi connectivity index (χ1) is 13.5. The molecule has 0 fully saturated rings. The lowest BCUT2D eigenvalue weighted by Gasteiger charge is -2.10. The minimum atomic E-state index is -0.341. The molecule has 1 aromatic heterocycles. The fourth-order valence-corrected chi connectivity index (χ4v) is 3.31. The summed E-state index contributed by atoms with van der Waals surface area (Å²) in [6, 6.07) is 18.2. The Labute approximate surface area is 166 Å². The molecule has 0 unspecified atom stereocenters. The Bertz CT molecular complexity index is 1170. The number of nitrogens with one attached hydrogen (secondary N) is 3. The Morgan fingerprint density at radius 2 is 1.79 bits per heavy atom. The first-order valence-corrected chi connectivity index (χ1v) is 9.06. The minimum Gasteiger partial charge on any atom is -0.382 e. The van der Waals surface area contributed by atoms with E-state index in [-0.39, 0.29) is 6.03 Å². The molecule has 0 atom stereocenters. The summed E-state index contributed by atoms with van der Waals surface area (Å²) in [7, 11) is 0. The van der Waals surface area contributed by atoms with Crippen LogP contribution in [0, 0.1) is 6.92 Å². The molecule has 0 aliphatic rings. The zero-order chi connectivity index (χ0) is 19.7. The van der Waals surface area contributed by atoms with Crippen LogP contribution in [-0.2, 0) is 0 Å². The molecule has 3 aromatic carbocycles. The molecular weight excluding hydrogens is 374 g/mol. The molecule has 0 aliphatic carbocycles. The summed E-state index contributed by atoms with van der Waals surface area (Å²) < 4.78 is 0. The van der Waals surface area contributed by atoms with Gasteiger partial charge in [0.25, 0.3) is 0 Å². The molecule has 28 heavy (non-hydrogen) atoms. The highest BCUT2D eigenvalue weighted by Gasteiger charge is 2.12. The standard InChI is InChI=1S/C21H18ClN5O/c1-12-5-10-17(18-19(12)26-27-20(18)23)13-6-8-15(9-7-13)24-21(28)25-16-4-2-3-14(22)11-16/h2-11H,1H3,(H3,23,26,27)(H2,24,25,28). The summed E-state index contributed by atoms with van der Waals surface area (Å²) in [4.78, 5) is 12.2. The molecule has 4 rings (SSSR count). The van der Waals surface area contributed by atoms with Crippen LogP contribution in [0.25, 0.3) is 22.0 Å². The lowest BCUT2D eigenvalue weighted by Crippen LogP contribution is -2.19. The van der Waals surface area contributed by atoms with E-state index in [0.717, 1.165) is 27.6 Å². The van der Waals surface area contributed by atoms with Crippen molar-refractivity contribution in [1.29, 1.82) is 0 Å². The van der Waals surface area contributed by atoms with E-state index in [1.165, 1.54) is 0 Å². The second-order valence-corrected chi connectivity index (χ2v) is 6.89. The quantitative estimate of drug-likeness (QED) is 0.375. The number of anilines is 3. The van der Waals surface area contributed by atoms with Gasteiger partial charge in [-0.3, -0.25) is 5.10 Å². The molecule has 0 saturated heterocycles. The number of carbonyl (C=O) groups excluding carboxylic acids is 1. The lowest BCUT2D eigenvalue weighted by molar-refractivity contribution is 0.262. The van der Waals surface area contributed by atoms with Gasteiger partial charge in [-0.2, -0.15) is 5.10 Å². The monoisotopic (exact) mass is 391 g/mol. The molecule has 0 aliphatic heterocycles. The molecule has 2 amide bonds. The fraction of sp³-hybridized carbons (Fsp3) is 0.0476. The number of hydrogen-bond donors (Lipinski definition) is 4. The van der Waals surface area contributed by atoms with Gasteiger partial charge in [0.05, 0.1) is 10.9 Å². The topological polar surface area (TPSA) is 95.8 Å². The van der Waals surface area contributed by atoms with E-state index in [2.05, 4.69) is 20.8 Å². The maximum Gasteiger partial charge on any atom is 0.323 e. The van der Waals surface area contributed by atoms with E-state index >= 15 is 0 Å². The Morgan fingerprint density at radius 3 is 2.54 bits per heavy atom. The number of H-pyrrole nitrogens is 1. The smallest absolute Gasteiger partial charge is 0.323 e. The lowest BCUT2D eigenvalue weighted by atomic mass is 9.99. The van der Waals surface area contributed by atoms with Gasteiger partial charge in [0.15, 0.2) is 5.82 Å². The zero-order valence-corrected chi connectivity index (χ0v) is 15.8. The molecule has 140 valence electrons. The molecular formula is C21H18ClN5O. The molecule has 0 spiro atoms. The van der Waals surface area contributed by atoms with E-state index in [9.17, 15) is 4.79 Å². The van der Waals surface area contributed by atoms with Gasteiger partial charge >= 0.3 is 6.03 Å². The third kappa shape index (κ3) is 3.50. The highest BCUT2D eigenvalue weighted by atomic mass is 35.5. The number of hydrogen-bond acceptors (Lipinski definition) is 3. The van der Waals surface area contributed by atoms with Gasteiger partial charge < -0.3 is 16.4 Å². The Balaban J connectivity index is 1.54. The van der Waals surface area contributed by atoms with Crippen LogP contribution in [0.15, 0.2) is 60.7 Å². The molecule has 5 N–H and O–H groups in total. The number of benzene rings is 3. The van der Waals surface area contributed by atoms with Crippen LogP contribution in [0.2, 0.25) is 5.02 Å². The molecule has 0 bridgehead atoms. The van der Waals surface area contributed by atoms with Gasteiger partial charge in [0, 0.05) is 16.4 Å². The van der Waals surface area contributed by atoms with Crippen LogP contribution in [0.4, 0.5) is 22.0 Å². The zero-order valence-electron chi connectivity index (χ0n) is 15.1. The molecule has 7 heteroatoms. The van der Waals surface area contributed by atoms with E-state index < -0.39 is 0 Å². The van der Waals surface area contributed by atoms with Gasteiger partial charge in [-0.15, -0.1) is 0 Å². The number of nitrogens with zero attached hydrogens (tertiary/aromatic N) is 1. The number of rotatable bonds is 3. The number of nitrogen functional groups attached to an aromatic ring is 1. The van der Waals surface area contributed by atoms with Gasteiger partial charge in [0.2, 0.25) is 0 Å². The predicted octanol–water partition coefficient (Wildman–Crippen LogP) is 5.42. The highest BCUT2D eigenvalue weighted by molar-refractivity contribution is 6.30. The number of urea groups is 1. The van der Waals surface area contributed by atoms with E-state index in [4.69, 9.17) is 17.3 Å². The molecule has 0 saturated carbocycles. The van der Waals surface area contributed by atoms with Crippen molar-refractivity contribution in [2.24, 2.45) is 0 Å². The summed E-state index contributed by atoms with van der Waals surface area (Å²) in [6.07, 6.45) is 0. The summed E-state index contributed by atoms with van der Waals surface area (Å²) in [5.74, 6) is 0.469. The molecule has 0 radical (unpaired) electrons. The normalized spacial score (nSPS) is 10.8. The van der Waals surface area contributed by atoms with Gasteiger partial charge in [-0.05, 0) is 53.9 Å². The number of aryl methyl sites for hydroxylation is 1. The SMILES string of the molecule is Cc1ccc(-c2ccc(NC(=O)Nc3cccc(Cl)c3)cc2)c2c(N)n[nH]c12. The second kappa shape index (κ2) is 7.25. The number of amides is 2. The van der Waals surface area contributed by atoms with Crippen LogP contribution in [0.5, 0.6) is 0 Å². The third-order valence-corrected chi connectivity index (χ3v) is 4.73. The van der Waals surface area contributed by atoms with Crippen molar-refractivity contribution < 1.29 is 4.79 Å². The van der Waals surface area contributed by atoms with Crippen molar-refractivity contribution >= 4 is 45.7 Å². The van der Waals surface area contributed by atoms with E-state index in [0.29, 0.717) is 22.2 Å². The van der Waals surface area contributed by atoms with Crippen molar-refractivity contribution in [3.05, 3.63) is 71.2 Å². The fourth-order valence-electron chi connectivity index (χ4n) is 3.12. The van der Waals surface area contributed by atoms with Crippen molar-refractivity contribution in [2.75, 3.05) is 16.4 Å².